The summed E-state index contributed by atoms with van der Waals surface area (Å²) in [6, 6.07) is 10.3. The van der Waals surface area contributed by atoms with Gasteiger partial charge in [-0.1, -0.05) is 30.3 Å². The molecule has 1 aliphatic carbocycles. The third-order valence-electron chi connectivity index (χ3n) is 3.47. The van der Waals surface area contributed by atoms with E-state index in [4.69, 9.17) is 0 Å². The van der Waals surface area contributed by atoms with Crippen molar-refractivity contribution >= 4 is 0 Å². The van der Waals surface area contributed by atoms with Crippen LogP contribution in [0.4, 0.5) is 0 Å². The normalized spacial score (nSPS) is 26.0. The van der Waals surface area contributed by atoms with Crippen LogP contribution >= 0.6 is 0 Å². The minimum Gasteiger partial charge on any atom is -0.395 e. The predicted octanol–water partition coefficient (Wildman–Crippen LogP) is 1.09. The molecule has 3 heteroatoms. The molecule has 94 valence electrons. The first-order valence-corrected chi connectivity index (χ1v) is 6.38. The molecule has 1 fully saturated rings. The Labute approximate surface area is 102 Å². The van der Waals surface area contributed by atoms with Crippen LogP contribution in [0.5, 0.6) is 0 Å². The molecule has 3 unspecified atom stereocenters. The molecule has 17 heavy (non-hydrogen) atoms. The Balaban J connectivity index is 1.88. The minimum absolute atomic E-state index is 0.0372. The first-order chi connectivity index (χ1) is 8.29. The van der Waals surface area contributed by atoms with Gasteiger partial charge in [-0.3, -0.25) is 0 Å². The van der Waals surface area contributed by atoms with Crippen molar-refractivity contribution in [1.29, 1.82) is 0 Å². The van der Waals surface area contributed by atoms with E-state index in [9.17, 15) is 10.2 Å². The summed E-state index contributed by atoms with van der Waals surface area (Å²) in [4.78, 5) is 0. The monoisotopic (exact) mass is 235 g/mol. The van der Waals surface area contributed by atoms with Crippen molar-refractivity contribution < 1.29 is 10.2 Å². The molecule has 1 aliphatic rings. The molecule has 1 aromatic carbocycles. The van der Waals surface area contributed by atoms with Gasteiger partial charge in [-0.05, 0) is 31.2 Å². The fourth-order valence-corrected chi connectivity index (χ4v) is 2.51. The molecule has 0 aromatic heterocycles. The summed E-state index contributed by atoms with van der Waals surface area (Å²) >= 11 is 0. The fourth-order valence-electron chi connectivity index (χ4n) is 2.51. The smallest absolute Gasteiger partial charge is 0.0693 e. The van der Waals surface area contributed by atoms with E-state index in [2.05, 4.69) is 17.4 Å². The molecule has 2 rings (SSSR count). The van der Waals surface area contributed by atoms with Crippen molar-refractivity contribution in [2.45, 2.75) is 43.9 Å². The highest BCUT2D eigenvalue weighted by molar-refractivity contribution is 5.16. The van der Waals surface area contributed by atoms with E-state index in [1.54, 1.807) is 0 Å². The van der Waals surface area contributed by atoms with Crippen LogP contribution in [-0.4, -0.2) is 35.0 Å². The molecule has 0 aliphatic heterocycles. The third-order valence-corrected chi connectivity index (χ3v) is 3.47. The maximum absolute atomic E-state index is 9.76. The largest absolute Gasteiger partial charge is 0.395 e. The Morgan fingerprint density at radius 1 is 1.24 bits per heavy atom. The van der Waals surface area contributed by atoms with Crippen molar-refractivity contribution in [3.8, 4) is 0 Å². The summed E-state index contributed by atoms with van der Waals surface area (Å²) in [7, 11) is 0. The van der Waals surface area contributed by atoms with Gasteiger partial charge < -0.3 is 15.5 Å². The van der Waals surface area contributed by atoms with Crippen LogP contribution < -0.4 is 5.32 Å². The third kappa shape index (κ3) is 3.53. The lowest BCUT2D eigenvalue weighted by Crippen LogP contribution is -2.45. The second-order valence-corrected chi connectivity index (χ2v) is 4.84. The fraction of sp³-hybridized carbons (Fsp3) is 0.571. The van der Waals surface area contributed by atoms with Crippen LogP contribution in [0.1, 0.15) is 24.8 Å². The summed E-state index contributed by atoms with van der Waals surface area (Å²) in [5.41, 5.74) is 1.21. The summed E-state index contributed by atoms with van der Waals surface area (Å²) in [5.74, 6) is 0. The minimum atomic E-state index is -0.250. The van der Waals surface area contributed by atoms with E-state index in [1.807, 2.05) is 18.2 Å². The Hall–Kier alpha value is -0.900. The molecule has 1 aromatic rings. The molecule has 3 N–H and O–H groups in total. The van der Waals surface area contributed by atoms with E-state index < -0.39 is 0 Å². The molecule has 0 spiro atoms. The number of aliphatic hydroxyl groups is 2. The number of nitrogens with one attached hydrogen (secondary N) is 1. The lowest BCUT2D eigenvalue weighted by molar-refractivity contribution is 0.132. The molecule has 0 bridgehead atoms. The van der Waals surface area contributed by atoms with Gasteiger partial charge in [0, 0.05) is 12.1 Å². The Bertz CT molecular complexity index is 328. The van der Waals surface area contributed by atoms with Crippen LogP contribution in [0.2, 0.25) is 0 Å². The van der Waals surface area contributed by atoms with E-state index >= 15 is 0 Å². The average molecular weight is 235 g/mol. The zero-order valence-electron chi connectivity index (χ0n) is 10.0. The summed E-state index contributed by atoms with van der Waals surface area (Å²) in [5, 5.41) is 22.5. The maximum atomic E-state index is 9.76. The molecule has 3 atom stereocenters. The number of rotatable bonds is 5. The van der Waals surface area contributed by atoms with Crippen molar-refractivity contribution in [1.82, 2.24) is 5.32 Å². The second kappa shape index (κ2) is 6.15. The summed E-state index contributed by atoms with van der Waals surface area (Å²) < 4.78 is 0. The van der Waals surface area contributed by atoms with Crippen molar-refractivity contribution in [3.05, 3.63) is 35.9 Å². The van der Waals surface area contributed by atoms with Gasteiger partial charge in [0.15, 0.2) is 0 Å². The number of benzene rings is 1. The Kier molecular flexibility index (Phi) is 4.54. The topological polar surface area (TPSA) is 52.5 Å². The lowest BCUT2D eigenvalue weighted by atomic mass is 10.0. The van der Waals surface area contributed by atoms with Gasteiger partial charge in [-0.15, -0.1) is 0 Å². The van der Waals surface area contributed by atoms with Gasteiger partial charge >= 0.3 is 0 Å². The van der Waals surface area contributed by atoms with Crippen molar-refractivity contribution in [2.24, 2.45) is 0 Å². The average Bonchev–Trinajstić information content (AvgIpc) is 2.75. The van der Waals surface area contributed by atoms with Crippen LogP contribution in [0.3, 0.4) is 0 Å². The van der Waals surface area contributed by atoms with Gasteiger partial charge in [0.05, 0.1) is 12.7 Å². The SMILES string of the molecule is OCC(Cc1ccccc1)NC1CCCC1O. The van der Waals surface area contributed by atoms with E-state index in [0.717, 1.165) is 25.7 Å². The zero-order valence-corrected chi connectivity index (χ0v) is 10.0. The zero-order chi connectivity index (χ0) is 12.1. The molecule has 3 nitrogen and oxygen atoms in total. The molecule has 1 saturated carbocycles. The molecule has 0 heterocycles. The van der Waals surface area contributed by atoms with Crippen LogP contribution in [-0.2, 0) is 6.42 Å². The summed E-state index contributed by atoms with van der Waals surface area (Å²) in [6.45, 7) is 0.109. The van der Waals surface area contributed by atoms with Gasteiger partial charge in [0.2, 0.25) is 0 Å². The highest BCUT2D eigenvalue weighted by Crippen LogP contribution is 2.19. The Morgan fingerprint density at radius 3 is 2.59 bits per heavy atom. The first-order valence-electron chi connectivity index (χ1n) is 6.38. The highest BCUT2D eigenvalue weighted by Gasteiger charge is 2.26. The van der Waals surface area contributed by atoms with Crippen molar-refractivity contribution in [2.75, 3.05) is 6.61 Å². The van der Waals surface area contributed by atoms with Crippen LogP contribution in [0, 0.1) is 0 Å². The van der Waals surface area contributed by atoms with Gasteiger partial charge in [0.25, 0.3) is 0 Å². The first kappa shape index (κ1) is 12.6. The standard InChI is InChI=1S/C14H21NO2/c16-10-12(9-11-5-2-1-3-6-11)15-13-7-4-8-14(13)17/h1-3,5-6,12-17H,4,7-10H2. The quantitative estimate of drug-likeness (QED) is 0.716. The molecular weight excluding hydrogens is 214 g/mol. The van der Waals surface area contributed by atoms with E-state index in [0.29, 0.717) is 0 Å². The van der Waals surface area contributed by atoms with Gasteiger partial charge in [0.1, 0.15) is 0 Å². The predicted molar refractivity (Wildman–Crippen MR) is 67.8 cm³/mol. The molecule has 0 saturated heterocycles. The van der Waals surface area contributed by atoms with Crippen LogP contribution in [0.25, 0.3) is 0 Å². The number of hydrogen-bond acceptors (Lipinski definition) is 3. The second-order valence-electron chi connectivity index (χ2n) is 4.84. The Morgan fingerprint density at radius 2 is 2.00 bits per heavy atom. The molecule has 0 radical (unpaired) electrons. The molecule has 0 amide bonds. The van der Waals surface area contributed by atoms with E-state index in [1.165, 1.54) is 5.56 Å². The lowest BCUT2D eigenvalue weighted by Gasteiger charge is -2.23. The number of aliphatic hydroxyl groups excluding tert-OH is 2. The highest BCUT2D eigenvalue weighted by atomic mass is 16.3. The van der Waals surface area contributed by atoms with Gasteiger partial charge in [-0.25, -0.2) is 0 Å². The molecular formula is C14H21NO2. The van der Waals surface area contributed by atoms with E-state index in [-0.39, 0.29) is 24.8 Å². The van der Waals surface area contributed by atoms with Crippen molar-refractivity contribution in [3.63, 3.8) is 0 Å². The van der Waals surface area contributed by atoms with Gasteiger partial charge in [-0.2, -0.15) is 0 Å². The van der Waals surface area contributed by atoms with Crippen LogP contribution in [0.15, 0.2) is 30.3 Å². The number of hydrogen-bond donors (Lipinski definition) is 3. The maximum Gasteiger partial charge on any atom is 0.0693 e. The summed E-state index contributed by atoms with van der Waals surface area (Å²) in [6.07, 6.45) is 3.51.